The maximum absolute atomic E-state index is 12.3. The summed E-state index contributed by atoms with van der Waals surface area (Å²) in [4.78, 5) is 12.3. The zero-order valence-electron chi connectivity index (χ0n) is 21.5. The van der Waals surface area contributed by atoms with Crippen molar-refractivity contribution in [1.82, 2.24) is 0 Å². The first kappa shape index (κ1) is 25.4. The van der Waals surface area contributed by atoms with Gasteiger partial charge in [-0.3, -0.25) is 4.79 Å². The van der Waals surface area contributed by atoms with Crippen LogP contribution in [0.5, 0.6) is 0 Å². The Balaban J connectivity index is 1.66. The van der Waals surface area contributed by atoms with Crippen LogP contribution in [-0.2, 0) is 20.6 Å². The van der Waals surface area contributed by atoms with E-state index in [9.17, 15) is 4.79 Å². The largest absolute Gasteiger partial charge is 0.466 e. The summed E-state index contributed by atoms with van der Waals surface area (Å²) in [6, 6.07) is 30.2. The van der Waals surface area contributed by atoms with E-state index in [1.807, 2.05) is 6.92 Å². The second kappa shape index (κ2) is 10.9. The molecule has 3 aromatic carbocycles. The first-order valence-electron chi connectivity index (χ1n) is 12.8. The van der Waals surface area contributed by atoms with Gasteiger partial charge in [0.1, 0.15) is 0 Å². The van der Waals surface area contributed by atoms with E-state index in [0.717, 1.165) is 5.56 Å². The highest BCUT2D eigenvalue weighted by Crippen LogP contribution is 2.45. The van der Waals surface area contributed by atoms with Crippen molar-refractivity contribution in [3.8, 4) is 0 Å². The molecule has 0 N–H and O–H groups in total. The van der Waals surface area contributed by atoms with Crippen molar-refractivity contribution in [3.63, 3.8) is 0 Å². The van der Waals surface area contributed by atoms with E-state index in [-0.39, 0.29) is 16.9 Å². The van der Waals surface area contributed by atoms with Gasteiger partial charge in [-0.15, -0.1) is 0 Å². The molecule has 0 aromatic heterocycles. The van der Waals surface area contributed by atoms with Gasteiger partial charge in [0.15, 0.2) is 0 Å². The van der Waals surface area contributed by atoms with Crippen LogP contribution in [0.1, 0.15) is 64.0 Å². The summed E-state index contributed by atoms with van der Waals surface area (Å²) in [5.74, 6) is 0.701. The van der Waals surface area contributed by atoms with Crippen LogP contribution in [0.3, 0.4) is 0 Å². The van der Waals surface area contributed by atoms with E-state index in [0.29, 0.717) is 25.6 Å². The molecule has 0 bridgehead atoms. The lowest BCUT2D eigenvalue weighted by atomic mass is 9.90. The van der Waals surface area contributed by atoms with Crippen LogP contribution in [0.15, 0.2) is 84.9 Å². The van der Waals surface area contributed by atoms with Crippen molar-refractivity contribution in [2.24, 2.45) is 5.92 Å². The Morgan fingerprint density at radius 3 is 2.03 bits per heavy atom. The van der Waals surface area contributed by atoms with E-state index in [2.05, 4.69) is 106 Å². The molecule has 0 heterocycles. The van der Waals surface area contributed by atoms with Gasteiger partial charge in [-0.05, 0) is 58.1 Å². The Labute approximate surface area is 211 Å². The lowest BCUT2D eigenvalue weighted by molar-refractivity contribution is -0.143. The summed E-state index contributed by atoms with van der Waals surface area (Å²) >= 11 is 0. The van der Waals surface area contributed by atoms with Gasteiger partial charge in [0.2, 0.25) is 0 Å². The third-order valence-electron chi connectivity index (χ3n) is 7.13. The molecule has 184 valence electrons. The van der Waals surface area contributed by atoms with Crippen molar-refractivity contribution in [2.45, 2.75) is 64.5 Å². The molecule has 1 aliphatic rings. The fraction of sp³-hybridized carbons (Fsp3) is 0.387. The van der Waals surface area contributed by atoms with Crippen LogP contribution in [0.25, 0.3) is 0 Å². The molecule has 1 unspecified atom stereocenters. The second-order valence-corrected chi connectivity index (χ2v) is 15.0. The average Bonchev–Trinajstić information content (AvgIpc) is 3.69. The zero-order chi connectivity index (χ0) is 24.9. The summed E-state index contributed by atoms with van der Waals surface area (Å²) in [5, 5.41) is 2.51. The van der Waals surface area contributed by atoms with E-state index in [4.69, 9.17) is 9.16 Å². The molecular weight excluding hydrogens is 448 g/mol. The summed E-state index contributed by atoms with van der Waals surface area (Å²) in [7, 11) is -2.60. The first-order valence-corrected chi connectivity index (χ1v) is 14.8. The van der Waals surface area contributed by atoms with E-state index in [1.165, 1.54) is 28.8 Å². The average molecular weight is 487 g/mol. The van der Waals surface area contributed by atoms with Gasteiger partial charge < -0.3 is 9.16 Å². The molecule has 0 aliphatic heterocycles. The van der Waals surface area contributed by atoms with Crippen LogP contribution in [-0.4, -0.2) is 20.9 Å². The molecule has 0 amide bonds. The minimum absolute atomic E-state index is 0.0617. The fourth-order valence-electron chi connectivity index (χ4n) is 5.32. The lowest BCUT2D eigenvalue weighted by Gasteiger charge is -2.43. The number of rotatable bonds is 10. The number of hydrogen-bond acceptors (Lipinski definition) is 3. The van der Waals surface area contributed by atoms with Gasteiger partial charge in [-0.25, -0.2) is 0 Å². The SMILES string of the molecule is CCOC(=O)CC(c1cccc(CO[Si](c2ccccc2)(c2ccccc2)C(C)(C)C)c1)C1CC1. The summed E-state index contributed by atoms with van der Waals surface area (Å²) < 4.78 is 12.4. The molecule has 1 fully saturated rings. The molecule has 35 heavy (non-hydrogen) atoms. The number of carbonyl (C=O) groups excluding carboxylic acids is 1. The molecule has 4 heteroatoms. The Kier molecular flexibility index (Phi) is 7.93. The molecule has 0 saturated heterocycles. The Morgan fingerprint density at radius 2 is 1.51 bits per heavy atom. The van der Waals surface area contributed by atoms with Crippen LogP contribution in [0.2, 0.25) is 5.04 Å². The maximum atomic E-state index is 12.3. The third-order valence-corrected chi connectivity index (χ3v) is 12.1. The topological polar surface area (TPSA) is 35.5 Å². The minimum Gasteiger partial charge on any atom is -0.466 e. The monoisotopic (exact) mass is 486 g/mol. The van der Waals surface area contributed by atoms with Gasteiger partial charge in [0.05, 0.1) is 19.6 Å². The molecule has 0 spiro atoms. The summed E-state index contributed by atoms with van der Waals surface area (Å²) in [6.07, 6.45) is 2.83. The molecule has 1 saturated carbocycles. The van der Waals surface area contributed by atoms with Gasteiger partial charge >= 0.3 is 5.97 Å². The lowest BCUT2D eigenvalue weighted by Crippen LogP contribution is -2.66. The molecule has 1 atom stereocenters. The predicted molar refractivity (Wildman–Crippen MR) is 146 cm³/mol. The number of ether oxygens (including phenoxy) is 1. The van der Waals surface area contributed by atoms with Crippen molar-refractivity contribution in [3.05, 3.63) is 96.1 Å². The van der Waals surface area contributed by atoms with E-state index < -0.39 is 8.32 Å². The van der Waals surface area contributed by atoms with Gasteiger partial charge in [-0.2, -0.15) is 0 Å². The summed E-state index contributed by atoms with van der Waals surface area (Å²) in [6.45, 7) is 9.75. The van der Waals surface area contributed by atoms with E-state index in [1.54, 1.807) is 0 Å². The smallest absolute Gasteiger partial charge is 0.306 e. The molecular formula is C31H38O3Si. The van der Waals surface area contributed by atoms with Gasteiger partial charge in [-0.1, -0.05) is 106 Å². The fourth-order valence-corrected chi connectivity index (χ4v) is 9.86. The summed E-state index contributed by atoms with van der Waals surface area (Å²) in [5.41, 5.74) is 2.38. The number of esters is 1. The Bertz CT molecular complexity index is 1060. The number of carbonyl (C=O) groups is 1. The highest BCUT2D eigenvalue weighted by molar-refractivity contribution is 6.99. The number of hydrogen-bond donors (Lipinski definition) is 0. The van der Waals surface area contributed by atoms with E-state index >= 15 is 0 Å². The molecule has 3 nitrogen and oxygen atoms in total. The first-order chi connectivity index (χ1) is 16.8. The van der Waals surface area contributed by atoms with Crippen molar-refractivity contribution in [1.29, 1.82) is 0 Å². The van der Waals surface area contributed by atoms with Gasteiger partial charge in [0.25, 0.3) is 8.32 Å². The van der Waals surface area contributed by atoms with Crippen molar-refractivity contribution >= 4 is 24.7 Å². The Morgan fingerprint density at radius 1 is 0.914 bits per heavy atom. The predicted octanol–water partition coefficient (Wildman–Crippen LogP) is 6.21. The quantitative estimate of drug-likeness (QED) is 0.252. The second-order valence-electron chi connectivity index (χ2n) is 10.7. The van der Waals surface area contributed by atoms with Gasteiger partial charge in [0, 0.05) is 0 Å². The Hall–Kier alpha value is -2.69. The van der Waals surface area contributed by atoms with Crippen LogP contribution in [0, 0.1) is 5.92 Å². The minimum atomic E-state index is -2.60. The normalized spacial score (nSPS) is 15.0. The van der Waals surface area contributed by atoms with Crippen LogP contribution in [0.4, 0.5) is 0 Å². The molecule has 0 radical (unpaired) electrons. The van der Waals surface area contributed by atoms with Crippen LogP contribution < -0.4 is 10.4 Å². The molecule has 4 rings (SSSR count). The maximum Gasteiger partial charge on any atom is 0.306 e. The van der Waals surface area contributed by atoms with Crippen LogP contribution >= 0.6 is 0 Å². The highest BCUT2D eigenvalue weighted by atomic mass is 28.4. The molecule has 3 aromatic rings. The number of benzene rings is 3. The zero-order valence-corrected chi connectivity index (χ0v) is 22.5. The molecule has 1 aliphatic carbocycles. The highest BCUT2D eigenvalue weighted by Gasteiger charge is 2.50. The van der Waals surface area contributed by atoms with Crippen molar-refractivity contribution in [2.75, 3.05) is 6.61 Å². The third kappa shape index (κ3) is 5.76. The van der Waals surface area contributed by atoms with Crippen molar-refractivity contribution < 1.29 is 14.0 Å². The standard InChI is InChI=1S/C31H38O3Si/c1-5-33-30(32)22-29(25-19-20-25)26-14-12-13-24(21-26)23-34-35(31(2,3)4,27-15-8-6-9-16-27)28-17-10-7-11-18-28/h6-18,21,25,29H,5,19-20,22-23H2,1-4H3.